The fourth-order valence-electron chi connectivity index (χ4n) is 4.96. The molecule has 9 nitrogen and oxygen atoms in total. The number of amides is 1. The Balaban J connectivity index is 1.32. The van der Waals surface area contributed by atoms with Crippen molar-refractivity contribution in [3.8, 4) is 0 Å². The maximum atomic E-state index is 14.4. The number of ketones is 1. The lowest BCUT2D eigenvalue weighted by molar-refractivity contribution is 0.0892. The molecule has 0 radical (unpaired) electrons. The number of fused-ring (bicyclic) bond motifs is 1. The maximum absolute atomic E-state index is 14.4. The number of nitrogens with two attached hydrogens (primary N) is 1. The fraction of sp³-hybridized carbons (Fsp3) is 0.250. The third kappa shape index (κ3) is 5.20. The number of nitrogens with zero attached hydrogens (tertiary/aromatic N) is 4. The average Bonchev–Trinajstić information content (AvgIpc) is 3.26. The Morgan fingerprint density at radius 3 is 2.44 bits per heavy atom. The van der Waals surface area contributed by atoms with Crippen LogP contribution in [0.25, 0.3) is 10.9 Å². The molecule has 0 saturated carbocycles. The molecule has 0 unspecified atom stereocenters. The molecule has 3 heterocycles. The van der Waals surface area contributed by atoms with Crippen LogP contribution in [-0.4, -0.2) is 71.6 Å². The highest BCUT2D eigenvalue weighted by Gasteiger charge is 2.31. The molecular weight excluding hydrogens is 521 g/mol. The zero-order valence-corrected chi connectivity index (χ0v) is 22.2. The molecule has 5 rings (SSSR count). The minimum absolute atomic E-state index is 0.0165. The lowest BCUT2D eigenvalue weighted by atomic mass is 10.2. The van der Waals surface area contributed by atoms with E-state index in [1.165, 1.54) is 16.4 Å². The Hall–Kier alpha value is -3.93. The summed E-state index contributed by atoms with van der Waals surface area (Å²) in [5.74, 6) is -1.35. The second kappa shape index (κ2) is 10.7. The van der Waals surface area contributed by atoms with E-state index in [4.69, 9.17) is 5.73 Å². The van der Waals surface area contributed by atoms with Crippen LogP contribution in [0.3, 0.4) is 0 Å². The molecule has 0 bridgehead atoms. The van der Waals surface area contributed by atoms with Gasteiger partial charge in [-0.15, -0.1) is 0 Å². The van der Waals surface area contributed by atoms with Crippen LogP contribution in [0.15, 0.2) is 71.8 Å². The van der Waals surface area contributed by atoms with Crippen molar-refractivity contribution in [1.29, 1.82) is 0 Å². The van der Waals surface area contributed by atoms with E-state index in [0.29, 0.717) is 29.9 Å². The SMILES string of the molecule is Cc1c(C(N)=O)cc(C(=O)CN2CCN(S(=O)(=O)c3cccc4cccnc34)CC2)n1Cc1ccccc1F. The summed E-state index contributed by atoms with van der Waals surface area (Å²) in [5, 5.41) is 0.742. The van der Waals surface area contributed by atoms with Gasteiger partial charge in [-0.25, -0.2) is 12.8 Å². The molecule has 11 heteroatoms. The standard InChI is InChI=1S/C28H28FN5O4S/c1-19-22(28(30)36)16-24(34(19)17-21-6-2-3-9-23(21)29)25(35)18-32-12-14-33(15-13-32)39(37,38)26-10-4-7-20-8-5-11-31-27(20)26/h2-11,16H,12-15,17-18H2,1H3,(H2,30,36). The van der Waals surface area contributed by atoms with Gasteiger partial charge in [-0.3, -0.25) is 19.5 Å². The number of benzene rings is 2. The fourth-order valence-corrected chi connectivity index (χ4v) is 6.55. The number of Topliss-reactive ketones (excluding diaryl/α,β-unsaturated/α-hetero) is 1. The van der Waals surface area contributed by atoms with Crippen LogP contribution in [0, 0.1) is 12.7 Å². The molecule has 0 aliphatic carbocycles. The normalized spacial score (nSPS) is 15.0. The second-order valence-electron chi connectivity index (χ2n) is 9.51. The van der Waals surface area contributed by atoms with E-state index in [1.54, 1.807) is 54.1 Å². The first-order valence-corrected chi connectivity index (χ1v) is 13.9. The quantitative estimate of drug-likeness (QED) is 0.338. The van der Waals surface area contributed by atoms with Crippen molar-refractivity contribution in [2.24, 2.45) is 5.73 Å². The van der Waals surface area contributed by atoms with Crippen molar-refractivity contribution in [2.45, 2.75) is 18.4 Å². The van der Waals surface area contributed by atoms with Gasteiger partial charge in [-0.1, -0.05) is 36.4 Å². The number of sulfonamides is 1. The van der Waals surface area contributed by atoms with E-state index in [9.17, 15) is 22.4 Å². The summed E-state index contributed by atoms with van der Waals surface area (Å²) >= 11 is 0. The van der Waals surface area contributed by atoms with Crippen LogP contribution in [0.1, 0.15) is 32.1 Å². The number of aromatic nitrogens is 2. The molecule has 1 saturated heterocycles. The van der Waals surface area contributed by atoms with Crippen LogP contribution in [0.4, 0.5) is 4.39 Å². The van der Waals surface area contributed by atoms with Gasteiger partial charge < -0.3 is 10.3 Å². The van der Waals surface area contributed by atoms with E-state index in [1.807, 2.05) is 17.0 Å². The Bertz CT molecular complexity index is 1670. The topological polar surface area (TPSA) is 119 Å². The summed E-state index contributed by atoms with van der Waals surface area (Å²) in [6, 6.07) is 16.4. The van der Waals surface area contributed by atoms with Gasteiger partial charge in [0.25, 0.3) is 5.91 Å². The van der Waals surface area contributed by atoms with Crippen LogP contribution >= 0.6 is 0 Å². The van der Waals surface area contributed by atoms with Crippen LogP contribution in [0.2, 0.25) is 0 Å². The number of pyridine rings is 1. The minimum Gasteiger partial charge on any atom is -0.366 e. The van der Waals surface area contributed by atoms with E-state index < -0.39 is 21.7 Å². The summed E-state index contributed by atoms with van der Waals surface area (Å²) < 4.78 is 44.2. The van der Waals surface area contributed by atoms with Crippen LogP contribution < -0.4 is 5.73 Å². The molecule has 202 valence electrons. The third-order valence-electron chi connectivity index (χ3n) is 7.12. The maximum Gasteiger partial charge on any atom is 0.250 e. The third-order valence-corrected chi connectivity index (χ3v) is 9.05. The predicted molar refractivity (Wildman–Crippen MR) is 144 cm³/mol. The van der Waals surface area contributed by atoms with Crippen molar-refractivity contribution < 1.29 is 22.4 Å². The Labute approximate surface area is 225 Å². The van der Waals surface area contributed by atoms with Crippen molar-refractivity contribution in [1.82, 2.24) is 18.8 Å². The van der Waals surface area contributed by atoms with Gasteiger partial charge in [0, 0.05) is 49.0 Å². The first-order valence-electron chi connectivity index (χ1n) is 12.5. The highest BCUT2D eigenvalue weighted by atomic mass is 32.2. The predicted octanol–water partition coefficient (Wildman–Crippen LogP) is 2.82. The minimum atomic E-state index is -3.78. The summed E-state index contributed by atoms with van der Waals surface area (Å²) in [7, 11) is -3.78. The number of halogens is 1. The number of hydrogen-bond acceptors (Lipinski definition) is 6. The van der Waals surface area contributed by atoms with Crippen molar-refractivity contribution in [3.63, 3.8) is 0 Å². The monoisotopic (exact) mass is 549 g/mol. The summed E-state index contributed by atoms with van der Waals surface area (Å²) in [6.45, 7) is 2.86. The number of piperazine rings is 1. The average molecular weight is 550 g/mol. The van der Waals surface area contributed by atoms with E-state index >= 15 is 0 Å². The summed E-state index contributed by atoms with van der Waals surface area (Å²) in [5.41, 5.74) is 7.27. The first kappa shape index (κ1) is 26.7. The molecular formula is C28H28FN5O4S. The van der Waals surface area contributed by atoms with Gasteiger partial charge in [-0.05, 0) is 31.2 Å². The molecule has 39 heavy (non-hydrogen) atoms. The zero-order chi connectivity index (χ0) is 27.7. The Kier molecular flexibility index (Phi) is 7.30. The molecule has 1 amide bonds. The molecule has 1 aliphatic heterocycles. The zero-order valence-electron chi connectivity index (χ0n) is 21.4. The Morgan fingerprint density at radius 1 is 1.00 bits per heavy atom. The molecule has 1 aliphatic rings. The lowest BCUT2D eigenvalue weighted by Crippen LogP contribution is -2.49. The number of carbonyl (C=O) groups excluding carboxylic acids is 2. The molecule has 0 spiro atoms. The van der Waals surface area contributed by atoms with Crippen LogP contribution in [-0.2, 0) is 16.6 Å². The Morgan fingerprint density at radius 2 is 1.72 bits per heavy atom. The number of hydrogen-bond donors (Lipinski definition) is 1. The van der Waals surface area contributed by atoms with Gasteiger partial charge in [0.05, 0.1) is 29.9 Å². The summed E-state index contributed by atoms with van der Waals surface area (Å²) in [4.78, 5) is 31.7. The number of carbonyl (C=O) groups is 2. The van der Waals surface area contributed by atoms with E-state index in [2.05, 4.69) is 4.98 Å². The molecule has 0 atom stereocenters. The molecule has 2 aromatic heterocycles. The van der Waals surface area contributed by atoms with Gasteiger partial charge >= 0.3 is 0 Å². The molecule has 4 aromatic rings. The van der Waals surface area contributed by atoms with E-state index in [0.717, 1.165) is 5.39 Å². The van der Waals surface area contributed by atoms with Gasteiger partial charge in [0.2, 0.25) is 10.0 Å². The number of rotatable bonds is 8. The van der Waals surface area contributed by atoms with Gasteiger partial charge in [-0.2, -0.15) is 4.31 Å². The van der Waals surface area contributed by atoms with Crippen molar-refractivity contribution >= 4 is 32.6 Å². The highest BCUT2D eigenvalue weighted by Crippen LogP contribution is 2.25. The van der Waals surface area contributed by atoms with Crippen LogP contribution in [0.5, 0.6) is 0 Å². The number of para-hydroxylation sites is 1. The lowest BCUT2D eigenvalue weighted by Gasteiger charge is -2.33. The van der Waals surface area contributed by atoms with Crippen molar-refractivity contribution in [3.05, 3.63) is 95.2 Å². The number of primary amides is 1. The first-order chi connectivity index (χ1) is 18.7. The van der Waals surface area contributed by atoms with E-state index in [-0.39, 0.29) is 48.1 Å². The van der Waals surface area contributed by atoms with Gasteiger partial charge in [0.1, 0.15) is 10.7 Å². The molecule has 2 aromatic carbocycles. The smallest absolute Gasteiger partial charge is 0.250 e. The van der Waals surface area contributed by atoms with Gasteiger partial charge in [0.15, 0.2) is 5.78 Å². The summed E-state index contributed by atoms with van der Waals surface area (Å²) in [6.07, 6.45) is 1.57. The second-order valence-corrected chi connectivity index (χ2v) is 11.4. The molecule has 2 N–H and O–H groups in total. The molecule has 1 fully saturated rings. The van der Waals surface area contributed by atoms with Crippen molar-refractivity contribution in [2.75, 3.05) is 32.7 Å². The largest absolute Gasteiger partial charge is 0.366 e. The highest BCUT2D eigenvalue weighted by molar-refractivity contribution is 7.89.